The van der Waals surface area contributed by atoms with Crippen molar-refractivity contribution in [1.82, 2.24) is 14.9 Å². The van der Waals surface area contributed by atoms with Gasteiger partial charge in [-0.3, -0.25) is 0 Å². The Morgan fingerprint density at radius 1 is 1.21 bits per heavy atom. The number of piperazine rings is 1. The van der Waals surface area contributed by atoms with Gasteiger partial charge in [0.05, 0.1) is 17.3 Å². The largest absolute Gasteiger partial charge is 0.444 e. The molecule has 1 aromatic heterocycles. The fourth-order valence-electron chi connectivity index (χ4n) is 5.33. The fraction of sp³-hybridized carbons (Fsp3) is 0.500. The van der Waals surface area contributed by atoms with Crippen LogP contribution in [0.1, 0.15) is 52.0 Å². The quantitative estimate of drug-likeness (QED) is 0.587. The summed E-state index contributed by atoms with van der Waals surface area (Å²) >= 11 is 0. The predicted octanol–water partition coefficient (Wildman–Crippen LogP) is 4.40. The van der Waals surface area contributed by atoms with Crippen molar-refractivity contribution in [3.63, 3.8) is 0 Å². The molecule has 3 heterocycles. The number of aliphatic hydroxyl groups is 1. The average Bonchev–Trinajstić information content (AvgIpc) is 3.42. The third-order valence-corrected chi connectivity index (χ3v) is 7.22. The van der Waals surface area contributed by atoms with E-state index in [1.807, 2.05) is 30.6 Å². The van der Waals surface area contributed by atoms with Gasteiger partial charge in [-0.15, -0.1) is 0 Å². The molecule has 3 aliphatic rings. The van der Waals surface area contributed by atoms with E-state index in [2.05, 4.69) is 21.4 Å². The van der Waals surface area contributed by atoms with Crippen molar-refractivity contribution in [1.29, 1.82) is 5.26 Å². The maximum Gasteiger partial charge on any atom is 0.410 e. The number of anilines is 4. The predicted molar refractivity (Wildman–Crippen MR) is 146 cm³/mol. The van der Waals surface area contributed by atoms with Crippen molar-refractivity contribution in [2.24, 2.45) is 0 Å². The first kappa shape index (κ1) is 26.7. The van der Waals surface area contributed by atoms with Crippen LogP contribution in [0.4, 0.5) is 32.3 Å². The molecular weight excluding hydrogens is 501 g/mol. The number of rotatable bonds is 4. The highest BCUT2D eigenvalue weighted by Crippen LogP contribution is 2.37. The fourth-order valence-corrected chi connectivity index (χ4v) is 5.33. The lowest BCUT2D eigenvalue weighted by Crippen LogP contribution is -2.50. The van der Waals surface area contributed by atoms with Crippen LogP contribution in [0.3, 0.4) is 0 Å². The molecule has 0 bridgehead atoms. The highest BCUT2D eigenvalue weighted by molar-refractivity contribution is 5.75. The molecule has 1 saturated heterocycles. The summed E-state index contributed by atoms with van der Waals surface area (Å²) in [5, 5.41) is 23.4. The lowest BCUT2D eigenvalue weighted by molar-refractivity contribution is 0.0240. The van der Waals surface area contributed by atoms with E-state index in [4.69, 9.17) is 4.74 Å². The number of halogens is 1. The molecule has 1 unspecified atom stereocenters. The lowest BCUT2D eigenvalue weighted by Gasteiger charge is -2.37. The van der Waals surface area contributed by atoms with E-state index in [1.54, 1.807) is 29.3 Å². The van der Waals surface area contributed by atoms with Gasteiger partial charge in [0.15, 0.2) is 6.23 Å². The van der Waals surface area contributed by atoms with Crippen molar-refractivity contribution in [3.8, 4) is 6.07 Å². The lowest BCUT2D eigenvalue weighted by atomic mass is 10.0. The van der Waals surface area contributed by atoms with Gasteiger partial charge in [0, 0.05) is 49.7 Å². The Hall–Kier alpha value is -3.91. The van der Waals surface area contributed by atoms with E-state index in [-0.39, 0.29) is 23.7 Å². The van der Waals surface area contributed by atoms with Crippen molar-refractivity contribution >= 4 is 35.3 Å². The molecule has 0 spiro atoms. The number of nitrogens with one attached hydrogen (secondary N) is 1. The van der Waals surface area contributed by atoms with Crippen LogP contribution in [0.15, 0.2) is 30.0 Å². The minimum atomic E-state index is -1.05. The summed E-state index contributed by atoms with van der Waals surface area (Å²) in [6.45, 7) is 7.38. The van der Waals surface area contributed by atoms with Crippen molar-refractivity contribution < 1.29 is 19.0 Å². The standard InChI is InChI=1S/C28H34FN7O3/c1-28(2,3)39-27(38)35-12-10-34(11-13-35)23-9-8-20(15-22(23)29)32-26-31-17-19-14-18(16-30)25(37)36(24(19)33-26)21-6-4-5-7-21/h8-9,14-15,17,21,25,37H,4-7,10-13H2,1-3H3,(H,31,32,33). The molecule has 2 aromatic rings. The van der Waals surface area contributed by atoms with Gasteiger partial charge in [0.2, 0.25) is 5.95 Å². The normalized spacial score (nSPS) is 19.8. The number of fused-ring (bicyclic) bond motifs is 1. The summed E-state index contributed by atoms with van der Waals surface area (Å²) < 4.78 is 20.6. The van der Waals surface area contributed by atoms with Crippen LogP contribution in [-0.4, -0.2) is 70.1 Å². The summed E-state index contributed by atoms with van der Waals surface area (Å²) in [5.41, 5.74) is 1.32. The van der Waals surface area contributed by atoms with Crippen LogP contribution < -0.4 is 15.1 Å². The first-order chi connectivity index (χ1) is 18.6. The third kappa shape index (κ3) is 5.76. The molecule has 39 heavy (non-hydrogen) atoms. The molecule has 10 nitrogen and oxygen atoms in total. The zero-order valence-electron chi connectivity index (χ0n) is 22.5. The summed E-state index contributed by atoms with van der Waals surface area (Å²) in [6, 6.07) is 7.04. The van der Waals surface area contributed by atoms with Gasteiger partial charge >= 0.3 is 6.09 Å². The SMILES string of the molecule is CC(C)(C)OC(=O)N1CCN(c2ccc(Nc3ncc4c(n3)N(C3CCCC3)C(O)C(C#N)=C4)cc2F)CC1. The Morgan fingerprint density at radius 3 is 2.56 bits per heavy atom. The van der Waals surface area contributed by atoms with Gasteiger partial charge in [-0.05, 0) is 57.9 Å². The maximum atomic E-state index is 15.2. The summed E-state index contributed by atoms with van der Waals surface area (Å²) in [6.07, 6.45) is 5.78. The number of ether oxygens (including phenoxy) is 1. The smallest absolute Gasteiger partial charge is 0.410 e. The van der Waals surface area contributed by atoms with Crippen LogP contribution in [0.2, 0.25) is 0 Å². The number of hydrogen-bond donors (Lipinski definition) is 2. The minimum absolute atomic E-state index is 0.0889. The Morgan fingerprint density at radius 2 is 1.92 bits per heavy atom. The molecule has 1 saturated carbocycles. The van der Waals surface area contributed by atoms with Crippen LogP contribution in [-0.2, 0) is 4.74 Å². The van der Waals surface area contributed by atoms with Gasteiger partial charge in [0.25, 0.3) is 0 Å². The number of hydrogen-bond acceptors (Lipinski definition) is 9. The van der Waals surface area contributed by atoms with E-state index in [1.165, 1.54) is 6.07 Å². The average molecular weight is 536 g/mol. The van der Waals surface area contributed by atoms with Gasteiger partial charge < -0.3 is 29.9 Å². The second-order valence-electron chi connectivity index (χ2n) is 11.1. The molecule has 5 rings (SSSR count). The molecule has 1 amide bonds. The van der Waals surface area contributed by atoms with Gasteiger partial charge in [0.1, 0.15) is 17.2 Å². The molecule has 206 valence electrons. The Labute approximate surface area is 227 Å². The molecule has 1 atom stereocenters. The molecule has 1 aromatic carbocycles. The second kappa shape index (κ2) is 10.7. The number of nitriles is 1. The van der Waals surface area contributed by atoms with Crippen molar-refractivity contribution in [2.45, 2.75) is 64.3 Å². The first-order valence-electron chi connectivity index (χ1n) is 13.4. The van der Waals surface area contributed by atoms with Crippen molar-refractivity contribution in [3.05, 3.63) is 41.3 Å². The van der Waals surface area contributed by atoms with Gasteiger partial charge in [-0.25, -0.2) is 14.2 Å². The number of aromatic nitrogens is 2. The number of aliphatic hydroxyl groups excluding tert-OH is 1. The molecule has 2 aliphatic heterocycles. The number of benzene rings is 1. The first-order valence-corrected chi connectivity index (χ1v) is 13.4. The highest BCUT2D eigenvalue weighted by Gasteiger charge is 2.35. The summed E-state index contributed by atoms with van der Waals surface area (Å²) in [7, 11) is 0. The molecule has 0 radical (unpaired) electrons. The molecule has 11 heteroatoms. The van der Waals surface area contributed by atoms with Gasteiger partial charge in [-0.2, -0.15) is 10.2 Å². The van der Waals surface area contributed by atoms with E-state index in [0.29, 0.717) is 48.9 Å². The van der Waals surface area contributed by atoms with Crippen molar-refractivity contribution in [2.75, 3.05) is 41.3 Å². The van der Waals surface area contributed by atoms with E-state index >= 15 is 4.39 Å². The van der Waals surface area contributed by atoms with Crippen LogP contribution in [0.5, 0.6) is 0 Å². The number of amides is 1. The van der Waals surface area contributed by atoms with Gasteiger partial charge in [-0.1, -0.05) is 12.8 Å². The molecule has 1 aliphatic carbocycles. The summed E-state index contributed by atoms with van der Waals surface area (Å²) in [5.74, 6) is 0.440. The van der Waals surface area contributed by atoms with E-state index < -0.39 is 17.6 Å². The number of carbonyl (C=O) groups excluding carboxylic acids is 1. The zero-order chi connectivity index (χ0) is 27.7. The molecular formula is C28H34FN7O3. The van der Waals surface area contributed by atoms with Crippen LogP contribution in [0.25, 0.3) is 6.08 Å². The van der Waals surface area contributed by atoms with Crippen LogP contribution >= 0.6 is 0 Å². The van der Waals surface area contributed by atoms with E-state index in [0.717, 1.165) is 25.7 Å². The molecule has 2 fully saturated rings. The third-order valence-electron chi connectivity index (χ3n) is 7.22. The maximum absolute atomic E-state index is 15.2. The Bertz CT molecular complexity index is 1310. The number of nitrogens with zero attached hydrogens (tertiary/aromatic N) is 6. The van der Waals surface area contributed by atoms with Crippen LogP contribution in [0, 0.1) is 17.1 Å². The molecule has 2 N–H and O–H groups in total. The monoisotopic (exact) mass is 535 g/mol. The Kier molecular flexibility index (Phi) is 7.32. The minimum Gasteiger partial charge on any atom is -0.444 e. The Balaban J connectivity index is 1.29. The highest BCUT2D eigenvalue weighted by atomic mass is 19.1. The topological polar surface area (TPSA) is 118 Å². The number of carbonyl (C=O) groups is 1. The van der Waals surface area contributed by atoms with E-state index in [9.17, 15) is 15.2 Å². The second-order valence-corrected chi connectivity index (χ2v) is 11.1. The summed E-state index contributed by atoms with van der Waals surface area (Å²) in [4.78, 5) is 26.7. The zero-order valence-corrected chi connectivity index (χ0v) is 22.5.